The molecular weight excluding hydrogens is 236 g/mol. The fraction of sp³-hybridized carbons (Fsp3) is 0.933. The molecule has 0 atom stereocenters. The number of likely N-dealkylation sites (tertiary alicyclic amines) is 1. The van der Waals surface area contributed by atoms with Crippen molar-refractivity contribution >= 4 is 5.84 Å². The van der Waals surface area contributed by atoms with Gasteiger partial charge in [-0.15, -0.1) is 0 Å². The Hall–Kier alpha value is -0.610. The lowest BCUT2D eigenvalue weighted by Gasteiger charge is -2.35. The van der Waals surface area contributed by atoms with Gasteiger partial charge in [-0.05, 0) is 59.4 Å². The second kappa shape index (κ2) is 7.25. The maximum atomic E-state index is 7.55. The first kappa shape index (κ1) is 16.4. The summed E-state index contributed by atoms with van der Waals surface area (Å²) >= 11 is 0. The van der Waals surface area contributed by atoms with Gasteiger partial charge in [-0.3, -0.25) is 5.41 Å². The summed E-state index contributed by atoms with van der Waals surface area (Å²) in [6.07, 6.45) is 6.01. The third-order valence-electron chi connectivity index (χ3n) is 4.54. The van der Waals surface area contributed by atoms with Crippen molar-refractivity contribution in [1.29, 1.82) is 5.41 Å². The molecule has 1 heterocycles. The van der Waals surface area contributed by atoms with Gasteiger partial charge in [0.25, 0.3) is 0 Å². The van der Waals surface area contributed by atoms with Gasteiger partial charge in [0.2, 0.25) is 0 Å². The van der Waals surface area contributed by atoms with E-state index in [0.717, 1.165) is 12.5 Å². The van der Waals surface area contributed by atoms with Gasteiger partial charge in [0.1, 0.15) is 0 Å². The molecule has 1 fully saturated rings. The van der Waals surface area contributed by atoms with E-state index in [0.29, 0.717) is 5.84 Å². The zero-order valence-electron chi connectivity index (χ0n) is 13.2. The molecule has 19 heavy (non-hydrogen) atoms. The number of hydrogen-bond donors (Lipinski definition) is 2. The normalized spacial score (nSPS) is 19.0. The fourth-order valence-electron chi connectivity index (χ4n) is 2.70. The third-order valence-corrected chi connectivity index (χ3v) is 4.54. The molecule has 1 rings (SSSR count). The number of rotatable bonds is 7. The molecule has 1 saturated heterocycles. The minimum Gasteiger partial charge on any atom is -0.387 e. The Morgan fingerprint density at radius 3 is 2.32 bits per heavy atom. The number of amidine groups is 1. The molecule has 0 saturated carbocycles. The first-order valence-electron chi connectivity index (χ1n) is 7.56. The standard InChI is InChI=1S/C15H32N4/c1-15(2,14(16)17)9-5-6-10-19-11-7-13(8-12-19)18(3)4/h13H,5-12H2,1-4H3,(H3,16,17). The minimum absolute atomic E-state index is 0.127. The predicted molar refractivity (Wildman–Crippen MR) is 82.7 cm³/mol. The summed E-state index contributed by atoms with van der Waals surface area (Å²) in [6.45, 7) is 7.81. The van der Waals surface area contributed by atoms with Crippen LogP contribution in [0.25, 0.3) is 0 Å². The lowest BCUT2D eigenvalue weighted by Crippen LogP contribution is -2.42. The van der Waals surface area contributed by atoms with Crippen LogP contribution in [0.3, 0.4) is 0 Å². The summed E-state index contributed by atoms with van der Waals surface area (Å²) in [4.78, 5) is 4.94. The quantitative estimate of drug-likeness (QED) is 0.422. The van der Waals surface area contributed by atoms with E-state index in [9.17, 15) is 0 Å². The van der Waals surface area contributed by atoms with Crippen molar-refractivity contribution in [1.82, 2.24) is 9.80 Å². The van der Waals surface area contributed by atoms with Crippen LogP contribution in [-0.2, 0) is 0 Å². The molecule has 0 unspecified atom stereocenters. The van der Waals surface area contributed by atoms with Crippen molar-refractivity contribution < 1.29 is 0 Å². The van der Waals surface area contributed by atoms with Crippen LogP contribution in [-0.4, -0.2) is 55.4 Å². The highest BCUT2D eigenvalue weighted by atomic mass is 15.2. The van der Waals surface area contributed by atoms with Crippen molar-refractivity contribution in [3.63, 3.8) is 0 Å². The van der Waals surface area contributed by atoms with Crippen molar-refractivity contribution in [2.45, 2.75) is 52.0 Å². The summed E-state index contributed by atoms with van der Waals surface area (Å²) in [7, 11) is 4.37. The summed E-state index contributed by atoms with van der Waals surface area (Å²) < 4.78 is 0. The van der Waals surface area contributed by atoms with Crippen LogP contribution in [0.4, 0.5) is 0 Å². The molecule has 0 bridgehead atoms. The topological polar surface area (TPSA) is 56.4 Å². The van der Waals surface area contributed by atoms with Crippen LogP contribution < -0.4 is 5.73 Å². The smallest absolute Gasteiger partial charge is 0.0963 e. The van der Waals surface area contributed by atoms with Crippen LogP contribution >= 0.6 is 0 Å². The van der Waals surface area contributed by atoms with Crippen LogP contribution in [0, 0.1) is 10.8 Å². The Kier molecular flexibility index (Phi) is 6.27. The van der Waals surface area contributed by atoms with E-state index in [1.165, 1.54) is 45.3 Å². The number of hydrogen-bond acceptors (Lipinski definition) is 3. The molecule has 1 aliphatic heterocycles. The summed E-state index contributed by atoms with van der Waals surface area (Å²) in [5.74, 6) is 0.319. The van der Waals surface area contributed by atoms with Gasteiger partial charge in [0, 0.05) is 11.5 Å². The van der Waals surface area contributed by atoms with Crippen LogP contribution in [0.2, 0.25) is 0 Å². The van der Waals surface area contributed by atoms with Gasteiger partial charge < -0.3 is 15.5 Å². The van der Waals surface area contributed by atoms with E-state index >= 15 is 0 Å². The number of piperidine rings is 1. The molecule has 1 aliphatic rings. The molecule has 0 aromatic rings. The summed E-state index contributed by atoms with van der Waals surface area (Å²) in [5.41, 5.74) is 5.48. The maximum absolute atomic E-state index is 7.55. The van der Waals surface area contributed by atoms with Gasteiger partial charge in [-0.25, -0.2) is 0 Å². The summed E-state index contributed by atoms with van der Waals surface area (Å²) in [5, 5.41) is 7.55. The minimum atomic E-state index is -0.127. The number of nitrogens with two attached hydrogens (primary N) is 1. The van der Waals surface area contributed by atoms with Crippen molar-refractivity contribution in [3.05, 3.63) is 0 Å². The first-order valence-corrected chi connectivity index (χ1v) is 7.56. The van der Waals surface area contributed by atoms with Crippen molar-refractivity contribution in [3.8, 4) is 0 Å². The van der Waals surface area contributed by atoms with Crippen molar-refractivity contribution in [2.24, 2.45) is 11.1 Å². The zero-order valence-corrected chi connectivity index (χ0v) is 13.2. The number of nitrogens with one attached hydrogen (secondary N) is 1. The Balaban J connectivity index is 2.13. The van der Waals surface area contributed by atoms with Crippen LogP contribution in [0.1, 0.15) is 46.0 Å². The number of nitrogens with zero attached hydrogens (tertiary/aromatic N) is 2. The highest BCUT2D eigenvalue weighted by Crippen LogP contribution is 2.23. The zero-order chi connectivity index (χ0) is 14.5. The van der Waals surface area contributed by atoms with E-state index < -0.39 is 0 Å². The van der Waals surface area contributed by atoms with Crippen LogP contribution in [0.15, 0.2) is 0 Å². The average molecular weight is 268 g/mol. The second-order valence-corrected chi connectivity index (χ2v) is 6.79. The van der Waals surface area contributed by atoms with Crippen LogP contribution in [0.5, 0.6) is 0 Å². The predicted octanol–water partition coefficient (Wildman–Crippen LogP) is 2.14. The molecule has 3 N–H and O–H groups in total. The van der Waals surface area contributed by atoms with E-state index in [1.54, 1.807) is 0 Å². The summed E-state index contributed by atoms with van der Waals surface area (Å²) in [6, 6.07) is 0.771. The Morgan fingerprint density at radius 2 is 1.84 bits per heavy atom. The monoisotopic (exact) mass is 268 g/mol. The maximum Gasteiger partial charge on any atom is 0.0963 e. The highest BCUT2D eigenvalue weighted by molar-refractivity contribution is 5.82. The molecule has 4 nitrogen and oxygen atoms in total. The van der Waals surface area contributed by atoms with E-state index in [1.807, 2.05) is 0 Å². The molecular formula is C15H32N4. The SMILES string of the molecule is CN(C)C1CCN(CCCCC(C)(C)C(=N)N)CC1. The highest BCUT2D eigenvalue weighted by Gasteiger charge is 2.22. The molecule has 0 amide bonds. The van der Waals surface area contributed by atoms with Gasteiger partial charge >= 0.3 is 0 Å². The first-order chi connectivity index (χ1) is 8.83. The second-order valence-electron chi connectivity index (χ2n) is 6.79. The molecule has 0 aromatic heterocycles. The van der Waals surface area contributed by atoms with Gasteiger partial charge in [-0.1, -0.05) is 20.3 Å². The van der Waals surface area contributed by atoms with Crippen molar-refractivity contribution in [2.75, 3.05) is 33.7 Å². The molecule has 0 aliphatic carbocycles. The number of unbranched alkanes of at least 4 members (excludes halogenated alkanes) is 1. The molecule has 4 heteroatoms. The lowest BCUT2D eigenvalue weighted by molar-refractivity contribution is 0.142. The molecule has 0 radical (unpaired) electrons. The van der Waals surface area contributed by atoms with Gasteiger partial charge in [0.05, 0.1) is 5.84 Å². The lowest BCUT2D eigenvalue weighted by atomic mass is 9.86. The van der Waals surface area contributed by atoms with E-state index in [4.69, 9.17) is 11.1 Å². The fourth-order valence-corrected chi connectivity index (χ4v) is 2.70. The average Bonchev–Trinajstić information content (AvgIpc) is 2.35. The van der Waals surface area contributed by atoms with E-state index in [2.05, 4.69) is 37.7 Å². The third kappa shape index (κ3) is 5.49. The molecule has 112 valence electrons. The Bertz CT molecular complexity index is 278. The molecule has 0 spiro atoms. The largest absolute Gasteiger partial charge is 0.387 e. The Morgan fingerprint density at radius 1 is 1.26 bits per heavy atom. The molecule has 0 aromatic carbocycles. The Labute approximate surface area is 118 Å². The van der Waals surface area contributed by atoms with Gasteiger partial charge in [-0.2, -0.15) is 0 Å². The van der Waals surface area contributed by atoms with E-state index in [-0.39, 0.29) is 5.41 Å². The van der Waals surface area contributed by atoms with Gasteiger partial charge in [0.15, 0.2) is 0 Å².